The van der Waals surface area contributed by atoms with Gasteiger partial charge in [0.1, 0.15) is 0 Å². The van der Waals surface area contributed by atoms with Crippen LogP contribution in [-0.4, -0.2) is 43.4 Å². The number of carbonyl (C=O) groups excluding carboxylic acids is 1. The molecule has 1 aliphatic carbocycles. The lowest BCUT2D eigenvalue weighted by Crippen LogP contribution is -2.47. The van der Waals surface area contributed by atoms with Crippen LogP contribution in [0.25, 0.3) is 0 Å². The van der Waals surface area contributed by atoms with E-state index in [1.165, 1.54) is 12.1 Å². The number of anilines is 1. The third-order valence-electron chi connectivity index (χ3n) is 5.23. The number of carbonyl (C=O) groups is 1. The lowest BCUT2D eigenvalue weighted by atomic mass is 9.95. The molecule has 2 aliphatic rings. The molecule has 0 spiro atoms. The number of allylic oxidation sites excluding steroid dienone is 2. The predicted octanol–water partition coefficient (Wildman–Crippen LogP) is 4.29. The van der Waals surface area contributed by atoms with E-state index in [0.29, 0.717) is 39.1 Å². The number of ketones is 1. The summed E-state index contributed by atoms with van der Waals surface area (Å²) in [5.41, 5.74) is 0.643. The summed E-state index contributed by atoms with van der Waals surface area (Å²) in [4.78, 5) is 16.2. The van der Waals surface area contributed by atoms with Crippen LogP contribution in [0.15, 0.2) is 35.9 Å². The molecule has 3 nitrogen and oxygen atoms in total. The fourth-order valence-electron chi connectivity index (χ4n) is 3.71. The Kier molecular flexibility index (Phi) is 6.01. The number of alkyl halides is 3. The summed E-state index contributed by atoms with van der Waals surface area (Å²) >= 11 is 0. The minimum atomic E-state index is -4.34. The number of piperazine rings is 1. The first-order chi connectivity index (χ1) is 12.4. The highest BCUT2D eigenvalue weighted by molar-refractivity contribution is 5.95. The van der Waals surface area contributed by atoms with Crippen LogP contribution in [0.5, 0.6) is 0 Å². The van der Waals surface area contributed by atoms with Gasteiger partial charge >= 0.3 is 6.18 Å². The molecule has 0 amide bonds. The van der Waals surface area contributed by atoms with Crippen molar-refractivity contribution in [1.29, 1.82) is 0 Å². The van der Waals surface area contributed by atoms with Crippen LogP contribution in [0.3, 0.4) is 0 Å². The summed E-state index contributed by atoms with van der Waals surface area (Å²) in [6.45, 7) is 3.13. The highest BCUT2D eigenvalue weighted by atomic mass is 19.4. The van der Waals surface area contributed by atoms with Crippen LogP contribution >= 0.6 is 0 Å². The van der Waals surface area contributed by atoms with Crippen molar-refractivity contribution in [3.8, 4) is 0 Å². The average Bonchev–Trinajstić information content (AvgIpc) is 2.66. The Morgan fingerprint density at radius 2 is 1.77 bits per heavy atom. The zero-order valence-corrected chi connectivity index (χ0v) is 14.9. The van der Waals surface area contributed by atoms with Crippen LogP contribution in [0, 0.1) is 0 Å². The molecule has 1 heterocycles. The first kappa shape index (κ1) is 19.0. The maximum absolute atomic E-state index is 13.2. The molecule has 0 unspecified atom stereocenters. The van der Waals surface area contributed by atoms with Crippen LogP contribution in [0.2, 0.25) is 0 Å². The molecule has 1 aromatic carbocycles. The second-order valence-electron chi connectivity index (χ2n) is 6.99. The van der Waals surface area contributed by atoms with Crippen molar-refractivity contribution < 1.29 is 18.0 Å². The number of nitrogens with zero attached hydrogens (tertiary/aromatic N) is 2. The van der Waals surface area contributed by atoms with Crippen molar-refractivity contribution >= 4 is 11.5 Å². The second kappa shape index (κ2) is 8.25. The molecule has 0 atom stereocenters. The third kappa shape index (κ3) is 4.67. The molecule has 3 rings (SSSR count). The van der Waals surface area contributed by atoms with E-state index >= 15 is 0 Å². The van der Waals surface area contributed by atoms with Crippen molar-refractivity contribution in [2.24, 2.45) is 0 Å². The van der Waals surface area contributed by atoms with Gasteiger partial charge in [0.2, 0.25) is 0 Å². The number of benzene rings is 1. The normalized spacial score (nSPS) is 19.3. The summed E-state index contributed by atoms with van der Waals surface area (Å²) in [6, 6.07) is 5.75. The summed E-state index contributed by atoms with van der Waals surface area (Å²) in [6.07, 6.45) is 2.38. The van der Waals surface area contributed by atoms with Gasteiger partial charge in [-0.05, 0) is 43.4 Å². The standard InChI is InChI=1S/C20H25F3N2O/c21-20(22,23)17-8-4-5-9-18(17)25-14-12-24(13-15-25)11-10-19(26)16-6-2-1-3-7-16/h4-6,8-9H,1-3,7,10-15H2. The van der Waals surface area contributed by atoms with Gasteiger partial charge in [0, 0.05) is 44.8 Å². The third-order valence-corrected chi connectivity index (χ3v) is 5.23. The minimum absolute atomic E-state index is 0.231. The molecule has 142 valence electrons. The minimum Gasteiger partial charge on any atom is -0.368 e. The molecule has 0 N–H and O–H groups in total. The fraction of sp³-hybridized carbons (Fsp3) is 0.550. The summed E-state index contributed by atoms with van der Waals surface area (Å²) in [5, 5.41) is 0. The van der Waals surface area contributed by atoms with E-state index < -0.39 is 11.7 Å². The Hall–Kier alpha value is -1.82. The van der Waals surface area contributed by atoms with Crippen molar-refractivity contribution in [3.05, 3.63) is 41.5 Å². The molecule has 1 saturated heterocycles. The number of rotatable bonds is 5. The number of hydrogen-bond acceptors (Lipinski definition) is 3. The Balaban J connectivity index is 1.52. The van der Waals surface area contributed by atoms with E-state index in [9.17, 15) is 18.0 Å². The molecule has 0 aromatic heterocycles. The van der Waals surface area contributed by atoms with Crippen LogP contribution in [0.1, 0.15) is 37.7 Å². The van der Waals surface area contributed by atoms with Gasteiger partial charge in [-0.25, -0.2) is 0 Å². The Bertz CT molecular complexity index is 661. The Morgan fingerprint density at radius 3 is 2.42 bits per heavy atom. The molecular formula is C20H25F3N2O. The molecule has 0 saturated carbocycles. The summed E-state index contributed by atoms with van der Waals surface area (Å²) < 4.78 is 39.6. The lowest BCUT2D eigenvalue weighted by Gasteiger charge is -2.37. The Labute approximate surface area is 152 Å². The van der Waals surface area contributed by atoms with Gasteiger partial charge in [0.15, 0.2) is 5.78 Å². The van der Waals surface area contributed by atoms with Crippen molar-refractivity contribution in [1.82, 2.24) is 4.90 Å². The maximum Gasteiger partial charge on any atom is 0.418 e. The molecule has 6 heteroatoms. The smallest absolute Gasteiger partial charge is 0.368 e. The van der Waals surface area contributed by atoms with Crippen molar-refractivity contribution in [3.63, 3.8) is 0 Å². The summed E-state index contributed by atoms with van der Waals surface area (Å²) in [7, 11) is 0. The van der Waals surface area contributed by atoms with Crippen LogP contribution in [-0.2, 0) is 11.0 Å². The van der Waals surface area contributed by atoms with Gasteiger partial charge < -0.3 is 4.90 Å². The van der Waals surface area contributed by atoms with E-state index in [1.807, 2.05) is 0 Å². The molecule has 0 bridgehead atoms. The average molecular weight is 366 g/mol. The van der Waals surface area contributed by atoms with Crippen molar-refractivity contribution in [2.75, 3.05) is 37.6 Å². The zero-order chi connectivity index (χ0) is 18.6. The van der Waals surface area contributed by atoms with Gasteiger partial charge in [-0.15, -0.1) is 0 Å². The van der Waals surface area contributed by atoms with Gasteiger partial charge in [0.25, 0.3) is 0 Å². The van der Waals surface area contributed by atoms with E-state index in [-0.39, 0.29) is 11.5 Å². The summed E-state index contributed by atoms with van der Waals surface area (Å²) in [5.74, 6) is 0.231. The van der Waals surface area contributed by atoms with Crippen LogP contribution in [0.4, 0.5) is 18.9 Å². The topological polar surface area (TPSA) is 23.6 Å². The molecule has 0 radical (unpaired) electrons. The molecule has 1 aromatic rings. The molecule has 1 fully saturated rings. The van der Waals surface area contributed by atoms with E-state index in [1.54, 1.807) is 11.0 Å². The first-order valence-electron chi connectivity index (χ1n) is 9.31. The van der Waals surface area contributed by atoms with Gasteiger partial charge in [-0.1, -0.05) is 18.2 Å². The largest absolute Gasteiger partial charge is 0.418 e. The second-order valence-corrected chi connectivity index (χ2v) is 6.99. The fourth-order valence-corrected chi connectivity index (χ4v) is 3.71. The molecule has 26 heavy (non-hydrogen) atoms. The maximum atomic E-state index is 13.2. The van der Waals surface area contributed by atoms with E-state index in [0.717, 1.165) is 37.3 Å². The zero-order valence-electron chi connectivity index (χ0n) is 14.9. The predicted molar refractivity (Wildman–Crippen MR) is 96.3 cm³/mol. The number of Topliss-reactive ketones (excluding diaryl/α,β-unsaturated/α-hetero) is 1. The number of hydrogen-bond donors (Lipinski definition) is 0. The molecule has 1 aliphatic heterocycles. The van der Waals surface area contributed by atoms with Gasteiger partial charge in [0.05, 0.1) is 5.56 Å². The highest BCUT2D eigenvalue weighted by Gasteiger charge is 2.35. The first-order valence-corrected chi connectivity index (χ1v) is 9.31. The molecular weight excluding hydrogens is 341 g/mol. The Morgan fingerprint density at radius 1 is 1.04 bits per heavy atom. The lowest BCUT2D eigenvalue weighted by molar-refractivity contribution is -0.137. The quantitative estimate of drug-likeness (QED) is 0.777. The highest BCUT2D eigenvalue weighted by Crippen LogP contribution is 2.36. The number of para-hydroxylation sites is 1. The van der Waals surface area contributed by atoms with Crippen molar-refractivity contribution in [2.45, 2.75) is 38.3 Å². The van der Waals surface area contributed by atoms with E-state index in [2.05, 4.69) is 11.0 Å². The van der Waals surface area contributed by atoms with Gasteiger partial charge in [-0.2, -0.15) is 13.2 Å². The number of halogens is 3. The van der Waals surface area contributed by atoms with Crippen LogP contribution < -0.4 is 4.90 Å². The van der Waals surface area contributed by atoms with Gasteiger partial charge in [-0.3, -0.25) is 9.69 Å². The monoisotopic (exact) mass is 366 g/mol. The SMILES string of the molecule is O=C(CCN1CCN(c2ccccc2C(F)(F)F)CC1)C1=CCCCC1. The van der Waals surface area contributed by atoms with E-state index in [4.69, 9.17) is 0 Å².